The van der Waals surface area contributed by atoms with Crippen molar-refractivity contribution in [2.45, 2.75) is 0 Å². The minimum Gasteiger partial charge on any atom is -0.508 e. The van der Waals surface area contributed by atoms with Crippen LogP contribution in [0.15, 0.2) is 84.9 Å². The standard InChI is InChI=1S/C24H16N2O2/c27-19-9-5-15(6-10-19)23-21-13-17-3-1-2-4-18(17)14-22(21)24(26-25-23)16-7-11-20(28)12-8-16/h1-14,27-28H. The van der Waals surface area contributed by atoms with E-state index in [9.17, 15) is 10.2 Å². The molecule has 0 aliphatic heterocycles. The van der Waals surface area contributed by atoms with Gasteiger partial charge in [0.05, 0.1) is 0 Å². The van der Waals surface area contributed by atoms with Gasteiger partial charge in [-0.1, -0.05) is 24.3 Å². The summed E-state index contributed by atoms with van der Waals surface area (Å²) in [6.45, 7) is 0. The second kappa shape index (κ2) is 6.35. The molecule has 0 spiro atoms. The first kappa shape index (κ1) is 16.3. The maximum atomic E-state index is 9.62. The normalized spacial score (nSPS) is 11.1. The summed E-state index contributed by atoms with van der Waals surface area (Å²) in [5.74, 6) is 0.430. The highest BCUT2D eigenvalue weighted by Crippen LogP contribution is 2.35. The number of benzene rings is 4. The predicted molar refractivity (Wildman–Crippen MR) is 111 cm³/mol. The lowest BCUT2D eigenvalue weighted by molar-refractivity contribution is 0.475. The van der Waals surface area contributed by atoms with Crippen molar-refractivity contribution in [3.8, 4) is 34.0 Å². The van der Waals surface area contributed by atoms with E-state index in [0.717, 1.165) is 44.1 Å². The molecular weight excluding hydrogens is 348 g/mol. The van der Waals surface area contributed by atoms with Crippen LogP contribution in [0.25, 0.3) is 44.1 Å². The summed E-state index contributed by atoms with van der Waals surface area (Å²) in [6.07, 6.45) is 0. The molecule has 134 valence electrons. The van der Waals surface area contributed by atoms with Crippen molar-refractivity contribution >= 4 is 21.5 Å². The number of phenols is 2. The van der Waals surface area contributed by atoms with Gasteiger partial charge in [0, 0.05) is 21.9 Å². The molecule has 0 unspecified atom stereocenters. The van der Waals surface area contributed by atoms with Gasteiger partial charge in [-0.25, -0.2) is 0 Å². The summed E-state index contributed by atoms with van der Waals surface area (Å²) >= 11 is 0. The predicted octanol–water partition coefficient (Wildman–Crippen LogP) is 5.53. The zero-order valence-electron chi connectivity index (χ0n) is 14.9. The van der Waals surface area contributed by atoms with Gasteiger partial charge in [0.15, 0.2) is 0 Å². The summed E-state index contributed by atoms with van der Waals surface area (Å²) in [5, 5.41) is 32.5. The molecule has 5 rings (SSSR count). The van der Waals surface area contributed by atoms with Crippen LogP contribution >= 0.6 is 0 Å². The zero-order valence-corrected chi connectivity index (χ0v) is 14.9. The highest BCUT2D eigenvalue weighted by atomic mass is 16.3. The van der Waals surface area contributed by atoms with Gasteiger partial charge in [-0.05, 0) is 71.4 Å². The topological polar surface area (TPSA) is 66.2 Å². The molecule has 0 fully saturated rings. The third-order valence-corrected chi connectivity index (χ3v) is 4.93. The molecule has 4 heteroatoms. The van der Waals surface area contributed by atoms with Crippen LogP contribution in [0.5, 0.6) is 11.5 Å². The molecule has 0 saturated heterocycles. The van der Waals surface area contributed by atoms with E-state index in [4.69, 9.17) is 0 Å². The van der Waals surface area contributed by atoms with E-state index in [2.05, 4.69) is 34.5 Å². The molecule has 0 aliphatic rings. The summed E-state index contributed by atoms with van der Waals surface area (Å²) in [4.78, 5) is 0. The Hall–Kier alpha value is -3.92. The number of phenolic OH excluding ortho intramolecular Hbond substituents is 2. The maximum absolute atomic E-state index is 9.62. The van der Waals surface area contributed by atoms with Crippen molar-refractivity contribution in [2.24, 2.45) is 0 Å². The Labute approximate surface area is 161 Å². The van der Waals surface area contributed by atoms with Gasteiger partial charge in [-0.3, -0.25) is 0 Å². The fourth-order valence-electron chi connectivity index (χ4n) is 3.50. The van der Waals surface area contributed by atoms with E-state index in [1.54, 1.807) is 24.3 Å². The van der Waals surface area contributed by atoms with Crippen molar-refractivity contribution in [2.75, 3.05) is 0 Å². The first-order chi connectivity index (χ1) is 13.7. The molecule has 1 heterocycles. The average molecular weight is 364 g/mol. The molecule has 0 saturated carbocycles. The highest BCUT2D eigenvalue weighted by molar-refractivity contribution is 6.08. The van der Waals surface area contributed by atoms with Crippen LogP contribution < -0.4 is 0 Å². The summed E-state index contributed by atoms with van der Waals surface area (Å²) in [6, 6.07) is 26.4. The molecule has 28 heavy (non-hydrogen) atoms. The van der Waals surface area contributed by atoms with E-state index in [1.807, 2.05) is 36.4 Å². The Morgan fingerprint density at radius 1 is 0.500 bits per heavy atom. The molecule has 4 aromatic carbocycles. The van der Waals surface area contributed by atoms with Gasteiger partial charge < -0.3 is 10.2 Å². The fraction of sp³-hybridized carbons (Fsp3) is 0. The van der Waals surface area contributed by atoms with E-state index < -0.39 is 0 Å². The maximum Gasteiger partial charge on any atom is 0.115 e. The number of nitrogens with zero attached hydrogens (tertiary/aromatic N) is 2. The molecule has 0 bridgehead atoms. The zero-order chi connectivity index (χ0) is 19.1. The third-order valence-electron chi connectivity index (χ3n) is 4.93. The van der Waals surface area contributed by atoms with Gasteiger partial charge in [0.1, 0.15) is 22.9 Å². The van der Waals surface area contributed by atoms with Crippen LogP contribution in [0.2, 0.25) is 0 Å². The Morgan fingerprint density at radius 3 is 1.29 bits per heavy atom. The number of rotatable bonds is 2. The second-order valence-electron chi connectivity index (χ2n) is 6.74. The van der Waals surface area contributed by atoms with Crippen molar-refractivity contribution < 1.29 is 10.2 Å². The Balaban J connectivity index is 1.85. The first-order valence-corrected chi connectivity index (χ1v) is 8.97. The SMILES string of the molecule is Oc1ccc(-c2nnc(-c3ccc(O)cc3)c3cc4ccccc4cc23)cc1. The smallest absolute Gasteiger partial charge is 0.115 e. The molecule has 2 N–H and O–H groups in total. The Morgan fingerprint density at radius 2 is 0.893 bits per heavy atom. The molecule has 1 aromatic heterocycles. The monoisotopic (exact) mass is 364 g/mol. The van der Waals surface area contributed by atoms with Gasteiger partial charge in [0.2, 0.25) is 0 Å². The van der Waals surface area contributed by atoms with E-state index >= 15 is 0 Å². The van der Waals surface area contributed by atoms with Crippen molar-refractivity contribution in [1.29, 1.82) is 0 Å². The number of aromatic hydroxyl groups is 2. The number of aromatic nitrogens is 2. The molecular formula is C24H16N2O2. The Bertz CT molecular complexity index is 1210. The van der Waals surface area contributed by atoms with Crippen molar-refractivity contribution in [1.82, 2.24) is 10.2 Å². The van der Waals surface area contributed by atoms with Gasteiger partial charge in [0.25, 0.3) is 0 Å². The minimum atomic E-state index is 0.215. The van der Waals surface area contributed by atoms with Crippen LogP contribution in [0.3, 0.4) is 0 Å². The fourth-order valence-corrected chi connectivity index (χ4v) is 3.50. The third kappa shape index (κ3) is 2.72. The average Bonchev–Trinajstić information content (AvgIpc) is 2.73. The molecule has 4 nitrogen and oxygen atoms in total. The largest absolute Gasteiger partial charge is 0.508 e. The number of hydrogen-bond acceptors (Lipinski definition) is 4. The second-order valence-corrected chi connectivity index (χ2v) is 6.74. The number of fused-ring (bicyclic) bond motifs is 2. The summed E-state index contributed by atoms with van der Waals surface area (Å²) < 4.78 is 0. The number of hydrogen-bond donors (Lipinski definition) is 2. The molecule has 0 amide bonds. The summed E-state index contributed by atoms with van der Waals surface area (Å²) in [7, 11) is 0. The van der Waals surface area contributed by atoms with Gasteiger partial charge in [-0.15, -0.1) is 10.2 Å². The lowest BCUT2D eigenvalue weighted by Crippen LogP contribution is -1.95. The van der Waals surface area contributed by atoms with E-state index in [-0.39, 0.29) is 11.5 Å². The van der Waals surface area contributed by atoms with Gasteiger partial charge in [-0.2, -0.15) is 0 Å². The van der Waals surface area contributed by atoms with Crippen molar-refractivity contribution in [3.05, 3.63) is 84.9 Å². The lowest BCUT2D eigenvalue weighted by atomic mass is 9.97. The summed E-state index contributed by atoms with van der Waals surface area (Å²) in [5.41, 5.74) is 3.32. The van der Waals surface area contributed by atoms with E-state index in [1.165, 1.54) is 0 Å². The van der Waals surface area contributed by atoms with Gasteiger partial charge >= 0.3 is 0 Å². The van der Waals surface area contributed by atoms with Crippen LogP contribution in [0.4, 0.5) is 0 Å². The molecule has 0 aliphatic carbocycles. The Kier molecular flexibility index (Phi) is 3.69. The molecule has 0 atom stereocenters. The van der Waals surface area contributed by atoms with Crippen LogP contribution in [-0.4, -0.2) is 20.4 Å². The lowest BCUT2D eigenvalue weighted by Gasteiger charge is -2.11. The highest BCUT2D eigenvalue weighted by Gasteiger charge is 2.14. The van der Waals surface area contributed by atoms with Crippen LogP contribution in [-0.2, 0) is 0 Å². The van der Waals surface area contributed by atoms with Crippen molar-refractivity contribution in [3.63, 3.8) is 0 Å². The van der Waals surface area contributed by atoms with Crippen LogP contribution in [0, 0.1) is 0 Å². The molecule has 5 aromatic rings. The molecule has 0 radical (unpaired) electrons. The quantitative estimate of drug-likeness (QED) is 0.404. The minimum absolute atomic E-state index is 0.215. The van der Waals surface area contributed by atoms with Crippen LogP contribution in [0.1, 0.15) is 0 Å². The van der Waals surface area contributed by atoms with E-state index in [0.29, 0.717) is 0 Å². The first-order valence-electron chi connectivity index (χ1n) is 8.97.